The van der Waals surface area contributed by atoms with E-state index in [1.165, 1.54) is 16.7 Å². The molecule has 26 heavy (non-hydrogen) atoms. The molecule has 2 aromatic heterocycles. The molecule has 1 N–H and O–H groups in total. The Bertz CT molecular complexity index is 942. The van der Waals surface area contributed by atoms with Crippen molar-refractivity contribution in [2.45, 2.75) is 33.5 Å². The molecule has 132 valence electrons. The Labute approximate surface area is 157 Å². The molecule has 1 aliphatic rings. The Morgan fingerprint density at radius 3 is 2.62 bits per heavy atom. The summed E-state index contributed by atoms with van der Waals surface area (Å²) < 4.78 is 0. The summed E-state index contributed by atoms with van der Waals surface area (Å²) in [5, 5.41) is 5.64. The molecule has 0 fully saturated rings. The summed E-state index contributed by atoms with van der Waals surface area (Å²) in [7, 11) is 0. The third-order valence-electron chi connectivity index (χ3n) is 4.76. The average molecular weight is 363 g/mol. The van der Waals surface area contributed by atoms with Crippen LogP contribution < -0.4 is 5.32 Å². The SMILES string of the molecule is Cc1cc(C)c(NC2c3ncccc3C(=O)N2Cc2cccs2)c(C)c1. The minimum atomic E-state index is -0.263. The second-order valence-corrected chi connectivity index (χ2v) is 7.80. The molecule has 3 aromatic rings. The number of nitrogens with one attached hydrogen (secondary N) is 1. The van der Waals surface area contributed by atoms with E-state index in [-0.39, 0.29) is 12.1 Å². The lowest BCUT2D eigenvalue weighted by atomic mass is 10.0. The molecule has 0 bridgehead atoms. The number of carbonyl (C=O) groups is 1. The van der Waals surface area contributed by atoms with Crippen molar-refractivity contribution in [3.05, 3.63) is 80.8 Å². The number of amides is 1. The first-order valence-electron chi connectivity index (χ1n) is 8.67. The van der Waals surface area contributed by atoms with Crippen LogP contribution in [0.2, 0.25) is 0 Å². The Morgan fingerprint density at radius 1 is 1.15 bits per heavy atom. The van der Waals surface area contributed by atoms with E-state index < -0.39 is 0 Å². The molecule has 4 nitrogen and oxygen atoms in total. The van der Waals surface area contributed by atoms with Crippen molar-refractivity contribution in [2.24, 2.45) is 0 Å². The largest absolute Gasteiger partial charge is 0.360 e. The topological polar surface area (TPSA) is 45.2 Å². The minimum absolute atomic E-state index is 0.0291. The highest BCUT2D eigenvalue weighted by atomic mass is 32.1. The highest BCUT2D eigenvalue weighted by Crippen LogP contribution is 2.36. The summed E-state index contributed by atoms with van der Waals surface area (Å²) >= 11 is 1.67. The van der Waals surface area contributed by atoms with Crippen molar-refractivity contribution in [3.63, 3.8) is 0 Å². The number of carbonyl (C=O) groups excluding carboxylic acids is 1. The van der Waals surface area contributed by atoms with Crippen LogP contribution in [0.5, 0.6) is 0 Å². The van der Waals surface area contributed by atoms with Gasteiger partial charge >= 0.3 is 0 Å². The number of aromatic nitrogens is 1. The molecule has 1 atom stereocenters. The van der Waals surface area contributed by atoms with Gasteiger partial charge < -0.3 is 10.2 Å². The van der Waals surface area contributed by atoms with Gasteiger partial charge in [0.2, 0.25) is 0 Å². The molecule has 4 rings (SSSR count). The predicted octanol–water partition coefficient (Wildman–Crippen LogP) is 4.84. The molecular weight excluding hydrogens is 342 g/mol. The van der Waals surface area contributed by atoms with Gasteiger partial charge in [-0.15, -0.1) is 11.3 Å². The molecule has 1 aromatic carbocycles. The van der Waals surface area contributed by atoms with Gasteiger partial charge in [-0.05, 0) is 55.5 Å². The van der Waals surface area contributed by atoms with Crippen molar-refractivity contribution in [1.29, 1.82) is 0 Å². The first kappa shape index (κ1) is 16.8. The lowest BCUT2D eigenvalue weighted by Gasteiger charge is -2.27. The van der Waals surface area contributed by atoms with Crippen LogP contribution in [0.3, 0.4) is 0 Å². The number of fused-ring (bicyclic) bond motifs is 1. The molecule has 1 unspecified atom stereocenters. The number of benzene rings is 1. The molecule has 5 heteroatoms. The van der Waals surface area contributed by atoms with Gasteiger partial charge in [0.1, 0.15) is 6.17 Å². The van der Waals surface area contributed by atoms with Gasteiger partial charge in [-0.3, -0.25) is 9.78 Å². The van der Waals surface area contributed by atoms with E-state index in [4.69, 9.17) is 0 Å². The van der Waals surface area contributed by atoms with Gasteiger partial charge in [-0.25, -0.2) is 0 Å². The van der Waals surface area contributed by atoms with Gasteiger partial charge in [-0.2, -0.15) is 0 Å². The summed E-state index contributed by atoms with van der Waals surface area (Å²) in [6, 6.07) is 12.1. The molecule has 0 radical (unpaired) electrons. The molecular formula is C21H21N3OS. The van der Waals surface area contributed by atoms with Crippen molar-refractivity contribution in [3.8, 4) is 0 Å². The molecule has 0 aliphatic carbocycles. The monoisotopic (exact) mass is 363 g/mol. The second-order valence-electron chi connectivity index (χ2n) is 6.77. The lowest BCUT2D eigenvalue weighted by Crippen LogP contribution is -2.32. The van der Waals surface area contributed by atoms with Gasteiger partial charge in [0.05, 0.1) is 17.8 Å². The summed E-state index contributed by atoms with van der Waals surface area (Å²) in [6.07, 6.45) is 1.49. The fourth-order valence-corrected chi connectivity index (χ4v) is 4.36. The number of hydrogen-bond acceptors (Lipinski definition) is 4. The number of pyridine rings is 1. The van der Waals surface area contributed by atoms with Gasteiger partial charge in [-0.1, -0.05) is 23.8 Å². The maximum atomic E-state index is 13.0. The van der Waals surface area contributed by atoms with Crippen molar-refractivity contribution >= 4 is 22.9 Å². The predicted molar refractivity (Wildman–Crippen MR) is 105 cm³/mol. The van der Waals surface area contributed by atoms with E-state index in [1.807, 2.05) is 28.5 Å². The number of thiophene rings is 1. The van der Waals surface area contributed by atoms with E-state index in [2.05, 4.69) is 49.3 Å². The lowest BCUT2D eigenvalue weighted by molar-refractivity contribution is 0.0729. The third kappa shape index (κ3) is 2.88. The number of nitrogens with zero attached hydrogens (tertiary/aromatic N) is 2. The Hall–Kier alpha value is -2.66. The van der Waals surface area contributed by atoms with Gasteiger partial charge in [0.25, 0.3) is 5.91 Å². The first-order valence-corrected chi connectivity index (χ1v) is 9.55. The van der Waals surface area contributed by atoms with Crippen molar-refractivity contribution in [1.82, 2.24) is 9.88 Å². The summed E-state index contributed by atoms with van der Waals surface area (Å²) in [5.74, 6) is 0.0291. The fraction of sp³-hybridized carbons (Fsp3) is 0.238. The van der Waals surface area contributed by atoms with Gasteiger partial charge in [0.15, 0.2) is 0 Å². The van der Waals surface area contributed by atoms with E-state index in [0.29, 0.717) is 12.1 Å². The minimum Gasteiger partial charge on any atom is -0.360 e. The highest BCUT2D eigenvalue weighted by Gasteiger charge is 2.38. The van der Waals surface area contributed by atoms with Crippen LogP contribution in [0.4, 0.5) is 5.69 Å². The molecule has 1 amide bonds. The standard InChI is InChI=1S/C21H21N3OS/c1-13-10-14(2)18(15(3)11-13)23-20-19-17(7-4-8-22-19)21(25)24(20)12-16-6-5-9-26-16/h4-11,20,23H,12H2,1-3H3. The smallest absolute Gasteiger partial charge is 0.258 e. The fourth-order valence-electron chi connectivity index (χ4n) is 3.66. The Balaban J connectivity index is 1.74. The van der Waals surface area contributed by atoms with Crippen LogP contribution in [-0.2, 0) is 6.54 Å². The molecule has 3 heterocycles. The third-order valence-corrected chi connectivity index (χ3v) is 5.63. The Morgan fingerprint density at radius 2 is 1.92 bits per heavy atom. The zero-order valence-corrected chi connectivity index (χ0v) is 15.9. The summed E-state index contributed by atoms with van der Waals surface area (Å²) in [4.78, 5) is 20.6. The zero-order valence-electron chi connectivity index (χ0n) is 15.1. The zero-order chi connectivity index (χ0) is 18.3. The van der Waals surface area contributed by atoms with Crippen LogP contribution >= 0.6 is 11.3 Å². The number of hydrogen-bond donors (Lipinski definition) is 1. The van der Waals surface area contributed by atoms with Crippen molar-refractivity contribution in [2.75, 3.05) is 5.32 Å². The average Bonchev–Trinajstić information content (AvgIpc) is 3.20. The molecule has 0 saturated carbocycles. The molecule has 0 saturated heterocycles. The number of rotatable bonds is 4. The van der Waals surface area contributed by atoms with Crippen LogP contribution in [-0.4, -0.2) is 15.8 Å². The molecule has 1 aliphatic heterocycles. The summed E-state index contributed by atoms with van der Waals surface area (Å²) in [6.45, 7) is 6.88. The quantitative estimate of drug-likeness (QED) is 0.722. The van der Waals surface area contributed by atoms with E-state index >= 15 is 0 Å². The first-order chi connectivity index (χ1) is 12.5. The normalized spacial score (nSPS) is 16.0. The maximum Gasteiger partial charge on any atom is 0.258 e. The number of anilines is 1. The number of aryl methyl sites for hydroxylation is 3. The van der Waals surface area contributed by atoms with Crippen LogP contribution in [0.15, 0.2) is 48.0 Å². The van der Waals surface area contributed by atoms with Crippen LogP contribution in [0.1, 0.15) is 43.8 Å². The van der Waals surface area contributed by atoms with E-state index in [0.717, 1.165) is 16.3 Å². The van der Waals surface area contributed by atoms with E-state index in [1.54, 1.807) is 17.5 Å². The highest BCUT2D eigenvalue weighted by molar-refractivity contribution is 7.09. The maximum absolute atomic E-state index is 13.0. The Kier molecular flexibility index (Phi) is 4.24. The van der Waals surface area contributed by atoms with E-state index in [9.17, 15) is 4.79 Å². The van der Waals surface area contributed by atoms with Crippen molar-refractivity contribution < 1.29 is 4.79 Å². The van der Waals surface area contributed by atoms with Crippen LogP contribution in [0.25, 0.3) is 0 Å². The van der Waals surface area contributed by atoms with Gasteiger partial charge in [0, 0.05) is 16.8 Å². The van der Waals surface area contributed by atoms with Crippen LogP contribution in [0, 0.1) is 20.8 Å². The second kappa shape index (κ2) is 6.57. The molecule has 0 spiro atoms. The summed E-state index contributed by atoms with van der Waals surface area (Å²) in [5.41, 5.74) is 6.15.